The van der Waals surface area contributed by atoms with Crippen LogP contribution >= 0.6 is 0 Å². The zero-order valence-corrected chi connectivity index (χ0v) is 8.38. The molecule has 0 aliphatic carbocycles. The molecule has 0 fully saturated rings. The van der Waals surface area contributed by atoms with E-state index in [0.29, 0.717) is 24.3 Å². The van der Waals surface area contributed by atoms with Crippen molar-refractivity contribution in [2.24, 2.45) is 0 Å². The summed E-state index contributed by atoms with van der Waals surface area (Å²) >= 11 is 0. The number of hydrogen-bond acceptors (Lipinski definition) is 4. The van der Waals surface area contributed by atoms with Crippen LogP contribution in [0.1, 0.15) is 0 Å². The summed E-state index contributed by atoms with van der Waals surface area (Å²) < 4.78 is 0. The molecular formula is C4N4O4Zr. The first kappa shape index (κ1) is 30.1. The van der Waals surface area contributed by atoms with Gasteiger partial charge in [-0.1, -0.05) is 0 Å². The topological polar surface area (TPSA) is 157 Å². The molecule has 9 heteroatoms. The summed E-state index contributed by atoms with van der Waals surface area (Å²) in [5.41, 5.74) is 0. The van der Waals surface area contributed by atoms with E-state index in [1.165, 1.54) is 0 Å². The van der Waals surface area contributed by atoms with Gasteiger partial charge in [0.2, 0.25) is 0 Å². The van der Waals surface area contributed by atoms with Gasteiger partial charge in [0.1, 0.15) is 0 Å². The molecule has 0 unspecified atom stereocenters. The van der Waals surface area contributed by atoms with Gasteiger partial charge in [0, 0.05) is 0 Å². The second-order valence-corrected chi connectivity index (χ2v) is 0.365. The van der Waals surface area contributed by atoms with Gasteiger partial charge in [-0.05, 0) is 24.3 Å². The van der Waals surface area contributed by atoms with Crippen molar-refractivity contribution in [1.29, 1.82) is 0 Å². The molecule has 0 bridgehead atoms. The van der Waals surface area contributed by atoms with Crippen molar-refractivity contribution in [1.82, 2.24) is 0 Å². The molecule has 0 aromatic carbocycles. The Hall–Kier alpha value is -1.60. The number of nitrogens with zero attached hydrogens (tertiary/aromatic N) is 4. The molecule has 0 aromatic rings. The third-order valence-corrected chi connectivity index (χ3v) is 0. The van der Waals surface area contributed by atoms with Gasteiger partial charge >= 0.3 is 26.2 Å². The summed E-state index contributed by atoms with van der Waals surface area (Å²) in [6, 6.07) is 0. The molecule has 0 radical (unpaired) electrons. The number of isocyanates is 4. The Morgan fingerprint density at radius 1 is 0.538 bits per heavy atom. The molecule has 0 aromatic heterocycles. The summed E-state index contributed by atoms with van der Waals surface area (Å²) in [6.45, 7) is 0. The second kappa shape index (κ2) is 159. The maximum absolute atomic E-state index is 8.24. The predicted molar refractivity (Wildman–Crippen MR) is 36.2 cm³/mol. The fourth-order valence-electron chi connectivity index (χ4n) is 0. The van der Waals surface area contributed by atoms with E-state index in [0.717, 1.165) is 0 Å². The van der Waals surface area contributed by atoms with Crippen LogP contribution < -0.4 is 0 Å². The minimum atomic E-state index is 0. The third-order valence-electron chi connectivity index (χ3n) is 0. The second-order valence-electron chi connectivity index (χ2n) is 0.365. The van der Waals surface area contributed by atoms with Crippen LogP contribution in [0.15, 0.2) is 0 Å². The molecule has 0 atom stereocenters. The maximum Gasteiger partial charge on any atom is 4.00 e. The molecular weight excluding hydrogens is 259 g/mol. The van der Waals surface area contributed by atoms with Gasteiger partial charge in [-0.2, -0.15) is 0 Å². The SMILES string of the molecule is [N-]=C=O.[N-]=C=O.[N-]=C=O.[N-]=C=O.[Zr+4]. The van der Waals surface area contributed by atoms with E-state index in [1.807, 2.05) is 0 Å². The van der Waals surface area contributed by atoms with Crippen molar-refractivity contribution in [2.75, 3.05) is 0 Å². The molecule has 0 N–H and O–H groups in total. The van der Waals surface area contributed by atoms with E-state index in [4.69, 9.17) is 40.8 Å². The van der Waals surface area contributed by atoms with Crippen molar-refractivity contribution in [2.45, 2.75) is 0 Å². The number of rotatable bonds is 0. The molecule has 64 valence electrons. The van der Waals surface area contributed by atoms with E-state index in [2.05, 4.69) is 0 Å². The quantitative estimate of drug-likeness (QED) is 0.426. The van der Waals surface area contributed by atoms with Crippen molar-refractivity contribution in [3.63, 3.8) is 0 Å². The average molecular weight is 259 g/mol. The van der Waals surface area contributed by atoms with E-state index in [9.17, 15) is 0 Å². The average Bonchev–Trinajstić information content (AvgIpc) is 1.92. The fraction of sp³-hybridized carbons (Fsp3) is 0. The maximum atomic E-state index is 8.24. The van der Waals surface area contributed by atoms with Gasteiger partial charge in [0.25, 0.3) is 0 Å². The van der Waals surface area contributed by atoms with Gasteiger partial charge in [0.15, 0.2) is 0 Å². The normalized spacial score (nSPS) is 2.46. The van der Waals surface area contributed by atoms with Gasteiger partial charge in [-0.25, -0.2) is 0 Å². The first-order chi connectivity index (χ1) is 5.66. The summed E-state index contributed by atoms with van der Waals surface area (Å²) in [5, 5.41) is 27.1. The monoisotopic (exact) mass is 258 g/mol. The Morgan fingerprint density at radius 3 is 0.538 bits per heavy atom. The van der Waals surface area contributed by atoms with Crippen molar-refractivity contribution in [3.8, 4) is 0 Å². The van der Waals surface area contributed by atoms with Crippen LogP contribution in [0.5, 0.6) is 0 Å². The molecule has 0 amide bonds. The minimum absolute atomic E-state index is 0. The van der Waals surface area contributed by atoms with E-state index >= 15 is 0 Å². The Bertz CT molecular complexity index is 156. The molecule has 0 aliphatic rings. The van der Waals surface area contributed by atoms with Gasteiger partial charge in [0.05, 0.1) is 0 Å². The summed E-state index contributed by atoms with van der Waals surface area (Å²) in [4.78, 5) is 32.9. The molecule has 8 nitrogen and oxygen atoms in total. The fourth-order valence-corrected chi connectivity index (χ4v) is 0. The van der Waals surface area contributed by atoms with Crippen LogP contribution in [0.3, 0.4) is 0 Å². The summed E-state index contributed by atoms with van der Waals surface area (Å²) in [6.07, 6.45) is 2.00. The van der Waals surface area contributed by atoms with Gasteiger partial charge < -0.3 is 21.6 Å². The molecule has 0 aliphatic heterocycles. The summed E-state index contributed by atoms with van der Waals surface area (Å²) in [7, 11) is 0. The molecule has 0 saturated heterocycles. The molecule has 0 spiro atoms. The Morgan fingerprint density at radius 2 is 0.538 bits per heavy atom. The zero-order valence-electron chi connectivity index (χ0n) is 5.92. The van der Waals surface area contributed by atoms with Crippen LogP contribution in [0.4, 0.5) is 0 Å². The zero-order chi connectivity index (χ0) is 10.8. The number of hydrogen-bond donors (Lipinski definition) is 0. The Balaban J connectivity index is -0.0000000213. The molecule has 13 heavy (non-hydrogen) atoms. The van der Waals surface area contributed by atoms with E-state index in [-0.39, 0.29) is 26.2 Å². The largest absolute Gasteiger partial charge is 4.00 e. The molecule has 0 heterocycles. The Labute approximate surface area is 91.5 Å². The van der Waals surface area contributed by atoms with E-state index < -0.39 is 0 Å². The Kier molecular flexibility index (Phi) is 369. The molecule has 0 saturated carbocycles. The first-order valence-corrected chi connectivity index (χ1v) is 1.71. The standard InChI is InChI=1S/4CNO.Zr/c4*2-1-3;/q4*-1;+4. The van der Waals surface area contributed by atoms with Gasteiger partial charge in [-0.15, -0.1) is 0 Å². The van der Waals surface area contributed by atoms with Crippen LogP contribution in [-0.2, 0) is 45.4 Å². The minimum Gasteiger partial charge on any atom is -0.724 e. The van der Waals surface area contributed by atoms with Crippen molar-refractivity contribution < 1.29 is 45.4 Å². The van der Waals surface area contributed by atoms with E-state index in [1.54, 1.807) is 0 Å². The summed E-state index contributed by atoms with van der Waals surface area (Å²) in [5.74, 6) is 0. The van der Waals surface area contributed by atoms with Crippen LogP contribution in [0.2, 0.25) is 0 Å². The van der Waals surface area contributed by atoms with Crippen molar-refractivity contribution >= 4 is 24.3 Å². The van der Waals surface area contributed by atoms with Crippen LogP contribution in [-0.4, -0.2) is 24.3 Å². The van der Waals surface area contributed by atoms with Crippen LogP contribution in [0.25, 0.3) is 21.6 Å². The predicted octanol–water partition coefficient (Wildman–Crippen LogP) is -0.436. The number of carbonyl (C=O) groups excluding carboxylic acids is 4. The van der Waals surface area contributed by atoms with Crippen molar-refractivity contribution in [3.05, 3.63) is 21.6 Å². The third kappa shape index (κ3) is 288. The first-order valence-electron chi connectivity index (χ1n) is 1.71. The van der Waals surface area contributed by atoms with Gasteiger partial charge in [-0.3, -0.25) is 19.2 Å². The smallest absolute Gasteiger partial charge is 0.724 e. The molecule has 0 rings (SSSR count). The van der Waals surface area contributed by atoms with Crippen LogP contribution in [0, 0.1) is 0 Å².